The molecule has 0 aromatic heterocycles. The molecule has 0 aliphatic carbocycles. The maximum Gasteiger partial charge on any atom is 0.346 e. The Bertz CT molecular complexity index is 776. The number of carbonyl (C=O) groups is 2. The highest BCUT2D eigenvalue weighted by atomic mass is 19.1. The zero-order valence-electron chi connectivity index (χ0n) is 11.1. The number of carbonyl (C=O) groups excluding carboxylic acids is 2. The van der Waals surface area contributed by atoms with Crippen LogP contribution in [0, 0.1) is 11.6 Å². The first-order valence-electron chi connectivity index (χ1n) is 6.27. The van der Waals surface area contributed by atoms with Gasteiger partial charge in [-0.15, -0.1) is 0 Å². The van der Waals surface area contributed by atoms with Gasteiger partial charge in [-0.2, -0.15) is 0 Å². The van der Waals surface area contributed by atoms with Gasteiger partial charge in [0.2, 0.25) is 0 Å². The molecule has 7 heteroatoms. The first-order chi connectivity index (χ1) is 10.5. The number of esters is 1. The third-order valence-corrected chi connectivity index (χ3v) is 2.95. The highest BCUT2D eigenvalue weighted by Gasteiger charge is 2.19. The molecule has 0 unspecified atom stereocenters. The van der Waals surface area contributed by atoms with Gasteiger partial charge in [0.15, 0.2) is 6.61 Å². The van der Waals surface area contributed by atoms with Crippen molar-refractivity contribution in [3.05, 3.63) is 53.6 Å². The number of halogens is 2. The minimum atomic E-state index is -1.01. The zero-order chi connectivity index (χ0) is 15.7. The van der Waals surface area contributed by atoms with Gasteiger partial charge in [0, 0.05) is 12.1 Å². The number of rotatable bonds is 2. The first kappa shape index (κ1) is 14.0. The monoisotopic (exact) mass is 305 g/mol. The van der Waals surface area contributed by atoms with Gasteiger partial charge in [-0.25, -0.2) is 13.6 Å². The fourth-order valence-electron chi connectivity index (χ4n) is 1.94. The Morgan fingerprint density at radius 1 is 1.18 bits per heavy atom. The largest absolute Gasteiger partial charge is 0.482 e. The maximum atomic E-state index is 13.5. The van der Waals surface area contributed by atoms with E-state index in [2.05, 4.69) is 5.32 Å². The van der Waals surface area contributed by atoms with Gasteiger partial charge < -0.3 is 14.8 Å². The van der Waals surface area contributed by atoms with E-state index < -0.39 is 17.6 Å². The third kappa shape index (κ3) is 2.73. The van der Waals surface area contributed by atoms with E-state index in [1.165, 1.54) is 18.2 Å². The molecule has 0 atom stereocenters. The summed E-state index contributed by atoms with van der Waals surface area (Å²) in [7, 11) is 0. The van der Waals surface area contributed by atoms with Crippen LogP contribution in [0.5, 0.6) is 11.5 Å². The molecule has 1 amide bonds. The molecule has 5 nitrogen and oxygen atoms in total. The molecule has 2 aromatic rings. The minimum absolute atomic E-state index is 0.0904. The number of hydrogen-bond donors (Lipinski definition) is 1. The van der Waals surface area contributed by atoms with Crippen LogP contribution in [0.1, 0.15) is 10.4 Å². The Morgan fingerprint density at radius 3 is 2.77 bits per heavy atom. The van der Waals surface area contributed by atoms with Crippen LogP contribution in [0.3, 0.4) is 0 Å². The Hall–Kier alpha value is -2.96. The fraction of sp³-hybridized carbons (Fsp3) is 0.0667. The van der Waals surface area contributed by atoms with Gasteiger partial charge >= 0.3 is 5.97 Å². The molecule has 1 aliphatic rings. The second-order valence-corrected chi connectivity index (χ2v) is 4.51. The summed E-state index contributed by atoms with van der Waals surface area (Å²) in [5.74, 6) is -2.58. The van der Waals surface area contributed by atoms with E-state index in [0.717, 1.165) is 12.1 Å². The maximum absolute atomic E-state index is 13.5. The van der Waals surface area contributed by atoms with Crippen molar-refractivity contribution in [1.82, 2.24) is 0 Å². The molecule has 0 saturated heterocycles. The lowest BCUT2D eigenvalue weighted by atomic mass is 10.2. The average molecular weight is 305 g/mol. The zero-order valence-corrected chi connectivity index (χ0v) is 11.1. The summed E-state index contributed by atoms with van der Waals surface area (Å²) in [4.78, 5) is 23.1. The van der Waals surface area contributed by atoms with E-state index in [-0.39, 0.29) is 23.8 Å². The molecule has 0 bridgehead atoms. The van der Waals surface area contributed by atoms with Gasteiger partial charge in [-0.05, 0) is 24.3 Å². The van der Waals surface area contributed by atoms with E-state index in [0.29, 0.717) is 17.5 Å². The van der Waals surface area contributed by atoms with Crippen molar-refractivity contribution < 1.29 is 27.8 Å². The highest BCUT2D eigenvalue weighted by molar-refractivity contribution is 5.96. The Labute approximate surface area is 123 Å². The van der Waals surface area contributed by atoms with Crippen molar-refractivity contribution in [2.24, 2.45) is 0 Å². The predicted molar refractivity (Wildman–Crippen MR) is 71.9 cm³/mol. The highest BCUT2D eigenvalue weighted by Crippen LogP contribution is 2.31. The van der Waals surface area contributed by atoms with Crippen LogP contribution < -0.4 is 14.8 Å². The molecule has 22 heavy (non-hydrogen) atoms. The van der Waals surface area contributed by atoms with E-state index in [1.807, 2.05) is 0 Å². The standard InChI is InChI=1S/C15H9F2NO4/c16-8-1-3-10(11(17)5-8)15(20)22-9-2-4-13-12(6-9)18-14(19)7-21-13/h1-6H,7H2,(H,18,19). The summed E-state index contributed by atoms with van der Waals surface area (Å²) in [5.41, 5.74) is -0.0412. The van der Waals surface area contributed by atoms with Crippen molar-refractivity contribution in [1.29, 1.82) is 0 Å². The summed E-state index contributed by atoms with van der Waals surface area (Å²) in [6.07, 6.45) is 0. The third-order valence-electron chi connectivity index (χ3n) is 2.95. The molecule has 112 valence electrons. The number of nitrogens with one attached hydrogen (secondary N) is 1. The minimum Gasteiger partial charge on any atom is -0.482 e. The number of anilines is 1. The smallest absolute Gasteiger partial charge is 0.346 e. The first-order valence-corrected chi connectivity index (χ1v) is 6.27. The van der Waals surface area contributed by atoms with Crippen LogP contribution >= 0.6 is 0 Å². The number of fused-ring (bicyclic) bond motifs is 1. The van der Waals surface area contributed by atoms with E-state index in [1.54, 1.807) is 0 Å². The number of amides is 1. The van der Waals surface area contributed by atoms with Crippen LogP contribution in [-0.2, 0) is 4.79 Å². The molecule has 0 radical (unpaired) electrons. The molecule has 3 rings (SSSR count). The van der Waals surface area contributed by atoms with Crippen LogP contribution in [0.4, 0.5) is 14.5 Å². The number of hydrogen-bond acceptors (Lipinski definition) is 4. The van der Waals surface area contributed by atoms with Crippen LogP contribution in [0.25, 0.3) is 0 Å². The van der Waals surface area contributed by atoms with E-state index >= 15 is 0 Å². The summed E-state index contributed by atoms with van der Waals surface area (Å²) < 4.78 is 36.5. The summed E-state index contributed by atoms with van der Waals surface area (Å²) in [6.45, 7) is -0.0904. The fourth-order valence-corrected chi connectivity index (χ4v) is 1.94. The topological polar surface area (TPSA) is 64.6 Å². The molecule has 1 heterocycles. The van der Waals surface area contributed by atoms with Crippen LogP contribution in [0.2, 0.25) is 0 Å². The molecule has 1 N–H and O–H groups in total. The Balaban J connectivity index is 1.82. The predicted octanol–water partition coefficient (Wildman–Crippen LogP) is 2.51. The lowest BCUT2D eigenvalue weighted by molar-refractivity contribution is -0.118. The van der Waals surface area contributed by atoms with Crippen LogP contribution in [0.15, 0.2) is 36.4 Å². The summed E-state index contributed by atoms with van der Waals surface area (Å²) >= 11 is 0. The number of benzene rings is 2. The normalized spacial score (nSPS) is 12.9. The lowest BCUT2D eigenvalue weighted by Gasteiger charge is -2.18. The van der Waals surface area contributed by atoms with Crippen molar-refractivity contribution in [2.75, 3.05) is 11.9 Å². The van der Waals surface area contributed by atoms with E-state index in [9.17, 15) is 18.4 Å². The molecule has 1 aliphatic heterocycles. The van der Waals surface area contributed by atoms with Crippen molar-refractivity contribution in [3.63, 3.8) is 0 Å². The van der Waals surface area contributed by atoms with Crippen LogP contribution in [-0.4, -0.2) is 18.5 Å². The summed E-state index contributed by atoms with van der Waals surface area (Å²) in [6, 6.07) is 6.88. The van der Waals surface area contributed by atoms with E-state index in [4.69, 9.17) is 9.47 Å². The SMILES string of the molecule is O=C1COc2ccc(OC(=O)c3ccc(F)cc3F)cc2N1. The van der Waals surface area contributed by atoms with Gasteiger partial charge in [0.25, 0.3) is 5.91 Å². The van der Waals surface area contributed by atoms with Gasteiger partial charge in [-0.1, -0.05) is 0 Å². The van der Waals surface area contributed by atoms with Gasteiger partial charge in [0.05, 0.1) is 11.3 Å². The molecular formula is C15H9F2NO4. The molecular weight excluding hydrogens is 296 g/mol. The second kappa shape index (κ2) is 5.44. The second-order valence-electron chi connectivity index (χ2n) is 4.51. The van der Waals surface area contributed by atoms with Crippen molar-refractivity contribution in [2.45, 2.75) is 0 Å². The van der Waals surface area contributed by atoms with Gasteiger partial charge in [-0.3, -0.25) is 4.79 Å². The Kier molecular flexibility index (Phi) is 3.46. The molecule has 2 aromatic carbocycles. The lowest BCUT2D eigenvalue weighted by Crippen LogP contribution is -2.25. The molecule has 0 saturated carbocycles. The van der Waals surface area contributed by atoms with Crippen molar-refractivity contribution in [3.8, 4) is 11.5 Å². The van der Waals surface area contributed by atoms with Crippen molar-refractivity contribution >= 4 is 17.6 Å². The average Bonchev–Trinajstić information content (AvgIpc) is 2.46. The molecule has 0 spiro atoms. The molecule has 0 fully saturated rings. The summed E-state index contributed by atoms with van der Waals surface area (Å²) in [5, 5.41) is 2.55. The van der Waals surface area contributed by atoms with Gasteiger partial charge in [0.1, 0.15) is 23.1 Å². The number of ether oxygens (including phenoxy) is 2. The quantitative estimate of drug-likeness (QED) is 0.684. The Morgan fingerprint density at radius 2 is 2.00 bits per heavy atom.